The highest BCUT2D eigenvalue weighted by atomic mass is 16.1. The van der Waals surface area contributed by atoms with Crippen molar-refractivity contribution in [1.82, 2.24) is 9.78 Å². The minimum Gasteiger partial charge on any atom is -0.268 e. The Hall–Kier alpha value is -2.41. The van der Waals surface area contributed by atoms with Crippen LogP contribution < -0.4 is 5.56 Å². The largest absolute Gasteiger partial charge is 0.268 e. The normalized spacial score (nSPS) is 10.6. The molecule has 0 spiro atoms. The third-order valence-electron chi connectivity index (χ3n) is 3.40. The summed E-state index contributed by atoms with van der Waals surface area (Å²) in [6, 6.07) is 9.56. The van der Waals surface area contributed by atoms with E-state index in [1.165, 1.54) is 16.3 Å². The van der Waals surface area contributed by atoms with Crippen molar-refractivity contribution < 1.29 is 0 Å². The second-order valence-electron chi connectivity index (χ2n) is 5.21. The van der Waals surface area contributed by atoms with Gasteiger partial charge in [0.25, 0.3) is 5.56 Å². The minimum atomic E-state index is -0.275. The van der Waals surface area contributed by atoms with E-state index >= 15 is 0 Å². The molecule has 1 aromatic carbocycles. The van der Waals surface area contributed by atoms with E-state index in [-0.39, 0.29) is 5.56 Å². The lowest BCUT2D eigenvalue weighted by atomic mass is 9.95. The zero-order valence-corrected chi connectivity index (χ0v) is 12.1. The molecule has 0 saturated heterocycles. The van der Waals surface area contributed by atoms with E-state index in [1.54, 1.807) is 7.05 Å². The lowest BCUT2D eigenvalue weighted by Crippen LogP contribution is -2.20. The zero-order valence-electron chi connectivity index (χ0n) is 12.1. The molecule has 0 aliphatic carbocycles. The third kappa shape index (κ3) is 2.48. The van der Waals surface area contributed by atoms with Crippen molar-refractivity contribution in [2.45, 2.75) is 26.7 Å². The Labute approximate surface area is 118 Å². The van der Waals surface area contributed by atoms with Crippen molar-refractivity contribution in [2.75, 3.05) is 0 Å². The van der Waals surface area contributed by atoms with Gasteiger partial charge in [0.2, 0.25) is 0 Å². The molecule has 20 heavy (non-hydrogen) atoms. The van der Waals surface area contributed by atoms with Crippen LogP contribution in [0.4, 0.5) is 0 Å². The van der Waals surface area contributed by atoms with Gasteiger partial charge in [-0.3, -0.25) is 4.79 Å². The molecule has 0 N–H and O–H groups in total. The number of aryl methyl sites for hydroxylation is 2. The predicted octanol–water partition coefficient (Wildman–Crippen LogP) is 2.75. The summed E-state index contributed by atoms with van der Waals surface area (Å²) in [5, 5.41) is 13.5. The number of hydrogen-bond acceptors (Lipinski definition) is 3. The molecule has 0 aliphatic rings. The minimum absolute atomic E-state index is 0.275. The molecular formula is C16H17N3O. The molecule has 0 saturated carbocycles. The molecule has 2 aromatic rings. The average Bonchev–Trinajstić information content (AvgIpc) is 2.41. The molecule has 0 atom stereocenters. The van der Waals surface area contributed by atoms with Crippen LogP contribution in [-0.2, 0) is 7.05 Å². The predicted molar refractivity (Wildman–Crippen MR) is 78.5 cm³/mol. The van der Waals surface area contributed by atoms with Gasteiger partial charge in [0, 0.05) is 18.7 Å². The van der Waals surface area contributed by atoms with Crippen LogP contribution in [0.3, 0.4) is 0 Å². The van der Waals surface area contributed by atoms with Crippen LogP contribution in [0.1, 0.15) is 36.5 Å². The van der Waals surface area contributed by atoms with Gasteiger partial charge in [-0.25, -0.2) is 4.68 Å². The highest BCUT2D eigenvalue weighted by molar-refractivity contribution is 5.69. The van der Waals surface area contributed by atoms with Crippen LogP contribution in [0.2, 0.25) is 0 Å². The first-order valence-electron chi connectivity index (χ1n) is 6.53. The van der Waals surface area contributed by atoms with Gasteiger partial charge in [-0.15, -0.1) is 0 Å². The van der Waals surface area contributed by atoms with Crippen LogP contribution in [0.15, 0.2) is 29.1 Å². The molecule has 0 aliphatic heterocycles. The summed E-state index contributed by atoms with van der Waals surface area (Å²) in [6.07, 6.45) is 0. The highest BCUT2D eigenvalue weighted by Gasteiger charge is 2.13. The van der Waals surface area contributed by atoms with Gasteiger partial charge in [0.05, 0.1) is 5.56 Å². The maximum absolute atomic E-state index is 11.6. The Morgan fingerprint density at radius 1 is 1.30 bits per heavy atom. The molecule has 1 heterocycles. The first kappa shape index (κ1) is 14.0. The maximum Gasteiger partial charge on any atom is 0.267 e. The standard InChI is InChI=1S/C16H17N3O/c1-10(2)12-6-5-11(3)14(7-12)16-13(9-17)8-15(20)19(4)18-16/h5-8,10H,1-4H3. The van der Waals surface area contributed by atoms with Crippen LogP contribution in [0.25, 0.3) is 11.3 Å². The first-order chi connectivity index (χ1) is 9.43. The number of hydrogen-bond donors (Lipinski definition) is 0. The fraction of sp³-hybridized carbons (Fsp3) is 0.312. The van der Waals surface area contributed by atoms with E-state index < -0.39 is 0 Å². The lowest BCUT2D eigenvalue weighted by molar-refractivity contribution is 0.710. The molecule has 0 unspecified atom stereocenters. The van der Waals surface area contributed by atoms with Crippen LogP contribution >= 0.6 is 0 Å². The Balaban J connectivity index is 2.74. The molecule has 0 fully saturated rings. The number of aromatic nitrogens is 2. The number of benzene rings is 1. The lowest BCUT2D eigenvalue weighted by Gasteiger charge is -2.12. The van der Waals surface area contributed by atoms with Gasteiger partial charge in [0.15, 0.2) is 0 Å². The highest BCUT2D eigenvalue weighted by Crippen LogP contribution is 2.27. The molecule has 2 rings (SSSR count). The van der Waals surface area contributed by atoms with Crippen molar-refractivity contribution in [3.05, 3.63) is 51.3 Å². The monoisotopic (exact) mass is 267 g/mol. The summed E-state index contributed by atoms with van der Waals surface area (Å²) < 4.78 is 1.26. The fourth-order valence-corrected chi connectivity index (χ4v) is 2.08. The summed E-state index contributed by atoms with van der Waals surface area (Å²) in [7, 11) is 1.59. The molecule has 4 nitrogen and oxygen atoms in total. The number of rotatable bonds is 2. The average molecular weight is 267 g/mol. The molecule has 0 amide bonds. The Bertz CT molecular complexity index is 751. The quantitative estimate of drug-likeness (QED) is 0.840. The number of nitrogens with zero attached hydrogens (tertiary/aromatic N) is 3. The summed E-state index contributed by atoms with van der Waals surface area (Å²) >= 11 is 0. The van der Waals surface area contributed by atoms with Crippen molar-refractivity contribution in [3.8, 4) is 17.3 Å². The topological polar surface area (TPSA) is 58.7 Å². The first-order valence-corrected chi connectivity index (χ1v) is 6.53. The summed E-state index contributed by atoms with van der Waals surface area (Å²) in [6.45, 7) is 6.22. The molecule has 102 valence electrons. The zero-order chi connectivity index (χ0) is 14.9. The summed E-state index contributed by atoms with van der Waals surface area (Å²) in [5.74, 6) is 0.396. The van der Waals surface area contributed by atoms with E-state index in [2.05, 4.69) is 31.1 Å². The smallest absolute Gasteiger partial charge is 0.267 e. The van der Waals surface area contributed by atoms with Gasteiger partial charge >= 0.3 is 0 Å². The van der Waals surface area contributed by atoms with E-state index in [4.69, 9.17) is 0 Å². The third-order valence-corrected chi connectivity index (χ3v) is 3.40. The second kappa shape index (κ2) is 5.30. The van der Waals surface area contributed by atoms with E-state index in [0.29, 0.717) is 17.2 Å². The SMILES string of the molecule is Cc1ccc(C(C)C)cc1-c1nn(C)c(=O)cc1C#N. The number of nitriles is 1. The molecule has 1 aromatic heterocycles. The molecular weight excluding hydrogens is 250 g/mol. The van der Waals surface area contributed by atoms with Crippen molar-refractivity contribution >= 4 is 0 Å². The van der Waals surface area contributed by atoms with Crippen molar-refractivity contribution in [2.24, 2.45) is 7.05 Å². The van der Waals surface area contributed by atoms with Crippen molar-refractivity contribution in [3.63, 3.8) is 0 Å². The molecule has 0 bridgehead atoms. The van der Waals surface area contributed by atoms with Crippen LogP contribution in [0.5, 0.6) is 0 Å². The Morgan fingerprint density at radius 2 is 2.00 bits per heavy atom. The Morgan fingerprint density at radius 3 is 2.60 bits per heavy atom. The van der Waals surface area contributed by atoms with Crippen LogP contribution in [0, 0.1) is 18.3 Å². The fourth-order valence-electron chi connectivity index (χ4n) is 2.08. The summed E-state index contributed by atoms with van der Waals surface area (Å²) in [5.41, 5.74) is 3.74. The maximum atomic E-state index is 11.6. The van der Waals surface area contributed by atoms with Gasteiger partial charge in [-0.2, -0.15) is 10.4 Å². The van der Waals surface area contributed by atoms with E-state index in [9.17, 15) is 10.1 Å². The van der Waals surface area contributed by atoms with Gasteiger partial charge < -0.3 is 0 Å². The van der Waals surface area contributed by atoms with E-state index in [0.717, 1.165) is 11.1 Å². The van der Waals surface area contributed by atoms with Gasteiger partial charge in [-0.05, 0) is 30.0 Å². The summed E-state index contributed by atoms with van der Waals surface area (Å²) in [4.78, 5) is 11.6. The van der Waals surface area contributed by atoms with E-state index in [1.807, 2.05) is 19.1 Å². The van der Waals surface area contributed by atoms with Crippen LogP contribution in [-0.4, -0.2) is 9.78 Å². The molecule has 4 heteroatoms. The van der Waals surface area contributed by atoms with Gasteiger partial charge in [-0.1, -0.05) is 26.0 Å². The van der Waals surface area contributed by atoms with Gasteiger partial charge in [0.1, 0.15) is 11.8 Å². The Kier molecular flexibility index (Phi) is 3.71. The molecule has 0 radical (unpaired) electrons. The van der Waals surface area contributed by atoms with Crippen molar-refractivity contribution in [1.29, 1.82) is 5.26 Å². The second-order valence-corrected chi connectivity index (χ2v) is 5.21.